The van der Waals surface area contributed by atoms with Gasteiger partial charge in [0.2, 0.25) is 16.0 Å². The van der Waals surface area contributed by atoms with Crippen molar-refractivity contribution in [1.29, 1.82) is 0 Å². The zero-order valence-corrected chi connectivity index (χ0v) is 16.0. The second kappa shape index (κ2) is 6.92. The first-order chi connectivity index (χ1) is 12.1. The quantitative estimate of drug-likeness (QED) is 0.864. The van der Waals surface area contributed by atoms with Crippen LogP contribution in [0.5, 0.6) is 0 Å². The predicted octanol–water partition coefficient (Wildman–Crippen LogP) is 2.32. The Kier molecular flexibility index (Phi) is 4.98. The number of rotatable bonds is 5. The number of benzene rings is 1. The van der Waals surface area contributed by atoms with Crippen LogP contribution in [-0.2, 0) is 28.4 Å². The normalized spacial score (nSPS) is 15.5. The zero-order valence-electron chi connectivity index (χ0n) is 15.2. The molecule has 0 radical (unpaired) electrons. The van der Waals surface area contributed by atoms with Crippen LogP contribution in [0.3, 0.4) is 0 Å². The molecule has 26 heavy (non-hydrogen) atoms. The predicted molar refractivity (Wildman–Crippen MR) is 98.9 cm³/mol. The molecule has 0 atom stereocenters. The molecule has 0 amide bonds. The Bertz CT molecular complexity index is 898. The number of anilines is 1. The van der Waals surface area contributed by atoms with Gasteiger partial charge in [0, 0.05) is 43.2 Å². The van der Waals surface area contributed by atoms with Gasteiger partial charge in [-0.25, -0.2) is 22.8 Å². The Hall–Kier alpha value is -2.06. The van der Waals surface area contributed by atoms with E-state index in [9.17, 15) is 12.8 Å². The van der Waals surface area contributed by atoms with E-state index in [0.717, 1.165) is 16.8 Å². The second-order valence-corrected chi connectivity index (χ2v) is 9.24. The van der Waals surface area contributed by atoms with Crippen LogP contribution in [0.4, 0.5) is 10.3 Å². The van der Waals surface area contributed by atoms with Gasteiger partial charge in [-0.3, -0.25) is 0 Å². The van der Waals surface area contributed by atoms with Gasteiger partial charge in [0.1, 0.15) is 5.82 Å². The minimum Gasteiger partial charge on any atom is -0.353 e. The minimum atomic E-state index is -3.21. The zero-order chi connectivity index (χ0) is 18.9. The molecule has 1 aromatic carbocycles. The van der Waals surface area contributed by atoms with Gasteiger partial charge < -0.3 is 5.32 Å². The molecular formula is C18H23FN4O2S. The topological polar surface area (TPSA) is 75.2 Å². The van der Waals surface area contributed by atoms with Gasteiger partial charge in [0.05, 0.1) is 11.9 Å². The number of nitrogens with one attached hydrogen (secondary N) is 1. The molecule has 0 aliphatic carbocycles. The molecule has 0 saturated heterocycles. The van der Waals surface area contributed by atoms with Gasteiger partial charge in [-0.2, -0.15) is 4.31 Å². The summed E-state index contributed by atoms with van der Waals surface area (Å²) in [4.78, 5) is 8.85. The monoisotopic (exact) mass is 378 g/mol. The minimum absolute atomic E-state index is 0.222. The smallest absolute Gasteiger partial charge is 0.222 e. The summed E-state index contributed by atoms with van der Waals surface area (Å²) in [5, 5.41) is 3.24. The molecule has 0 fully saturated rings. The number of nitrogens with zero attached hydrogens (tertiary/aromatic N) is 3. The largest absolute Gasteiger partial charge is 0.353 e. The Morgan fingerprint density at radius 2 is 1.96 bits per heavy atom. The van der Waals surface area contributed by atoms with Gasteiger partial charge in [0.25, 0.3) is 0 Å². The van der Waals surface area contributed by atoms with Crippen molar-refractivity contribution in [2.24, 2.45) is 0 Å². The van der Waals surface area contributed by atoms with E-state index in [4.69, 9.17) is 0 Å². The lowest BCUT2D eigenvalue weighted by molar-refractivity contribution is 0.390. The summed E-state index contributed by atoms with van der Waals surface area (Å²) >= 11 is 0. The van der Waals surface area contributed by atoms with Crippen molar-refractivity contribution in [3.63, 3.8) is 0 Å². The number of halogens is 1. The summed E-state index contributed by atoms with van der Waals surface area (Å²) in [6.07, 6.45) is 3.47. The average Bonchev–Trinajstić information content (AvgIpc) is 2.59. The van der Waals surface area contributed by atoms with Crippen LogP contribution in [0.2, 0.25) is 0 Å². The Labute approximate surface area is 153 Å². The van der Waals surface area contributed by atoms with Gasteiger partial charge in [-0.15, -0.1) is 0 Å². The highest BCUT2D eigenvalue weighted by atomic mass is 32.2. The first kappa shape index (κ1) is 18.7. The molecule has 1 aliphatic rings. The van der Waals surface area contributed by atoms with E-state index in [0.29, 0.717) is 32.0 Å². The molecule has 140 valence electrons. The Balaban J connectivity index is 1.69. The van der Waals surface area contributed by atoms with Crippen LogP contribution in [0, 0.1) is 5.82 Å². The third-order valence-electron chi connectivity index (χ3n) is 4.68. The average molecular weight is 378 g/mol. The molecule has 2 aromatic rings. The molecule has 1 N–H and O–H groups in total. The third-order valence-corrected chi connectivity index (χ3v) is 5.93. The standard InChI is InChI=1S/C18H23FN4O2S/c1-18(2,14-4-6-15(19)7-5-14)12-21-17-20-10-13-11-23(26(3,24)25)9-8-16(13)22-17/h4-7,10H,8-9,11-12H2,1-3H3,(H,20,21,22). The molecule has 2 heterocycles. The maximum Gasteiger partial charge on any atom is 0.222 e. The van der Waals surface area contributed by atoms with Crippen molar-refractivity contribution in [1.82, 2.24) is 14.3 Å². The van der Waals surface area contributed by atoms with Gasteiger partial charge in [-0.1, -0.05) is 26.0 Å². The first-order valence-electron chi connectivity index (χ1n) is 8.45. The highest BCUT2D eigenvalue weighted by Gasteiger charge is 2.25. The SMILES string of the molecule is CC(C)(CNc1ncc2c(n1)CCN(S(C)(=O)=O)C2)c1ccc(F)cc1. The molecule has 3 rings (SSSR count). The van der Waals surface area contributed by atoms with Crippen LogP contribution in [0.25, 0.3) is 0 Å². The summed E-state index contributed by atoms with van der Waals surface area (Å²) in [5.41, 5.74) is 2.51. The van der Waals surface area contributed by atoms with Crippen molar-refractivity contribution in [2.45, 2.75) is 32.2 Å². The van der Waals surface area contributed by atoms with Crippen LogP contribution in [-0.4, -0.2) is 42.0 Å². The third kappa shape index (κ3) is 4.19. The Morgan fingerprint density at radius 3 is 2.62 bits per heavy atom. The van der Waals surface area contributed by atoms with Crippen LogP contribution < -0.4 is 5.32 Å². The van der Waals surface area contributed by atoms with Crippen molar-refractivity contribution < 1.29 is 12.8 Å². The summed E-state index contributed by atoms with van der Waals surface area (Å²) < 4.78 is 37.9. The number of sulfonamides is 1. The number of fused-ring (bicyclic) bond motifs is 1. The van der Waals surface area contributed by atoms with E-state index in [-0.39, 0.29) is 11.2 Å². The molecule has 6 nitrogen and oxygen atoms in total. The Morgan fingerprint density at radius 1 is 1.27 bits per heavy atom. The van der Waals surface area contributed by atoms with Crippen molar-refractivity contribution in [3.05, 3.63) is 53.1 Å². The molecule has 0 unspecified atom stereocenters. The fourth-order valence-corrected chi connectivity index (χ4v) is 3.76. The molecule has 1 aliphatic heterocycles. The summed E-state index contributed by atoms with van der Waals surface area (Å²) in [7, 11) is -3.21. The van der Waals surface area contributed by atoms with E-state index < -0.39 is 10.0 Å². The highest BCUT2D eigenvalue weighted by Crippen LogP contribution is 2.24. The molecular weight excluding hydrogens is 355 g/mol. The van der Waals surface area contributed by atoms with E-state index >= 15 is 0 Å². The van der Waals surface area contributed by atoms with Crippen molar-refractivity contribution in [3.8, 4) is 0 Å². The van der Waals surface area contributed by atoms with E-state index in [1.165, 1.54) is 22.7 Å². The van der Waals surface area contributed by atoms with Gasteiger partial charge >= 0.3 is 0 Å². The van der Waals surface area contributed by atoms with Crippen LogP contribution >= 0.6 is 0 Å². The lowest BCUT2D eigenvalue weighted by Gasteiger charge is -2.27. The van der Waals surface area contributed by atoms with Crippen molar-refractivity contribution >= 4 is 16.0 Å². The van der Waals surface area contributed by atoms with Crippen LogP contribution in [0.15, 0.2) is 30.5 Å². The highest BCUT2D eigenvalue weighted by molar-refractivity contribution is 7.88. The molecule has 0 saturated carbocycles. The summed E-state index contributed by atoms with van der Waals surface area (Å²) in [6.45, 7) is 5.47. The first-order valence-corrected chi connectivity index (χ1v) is 10.3. The number of aromatic nitrogens is 2. The van der Waals surface area contributed by atoms with E-state index in [1.54, 1.807) is 18.3 Å². The van der Waals surface area contributed by atoms with Gasteiger partial charge in [0.15, 0.2) is 0 Å². The lowest BCUT2D eigenvalue weighted by Crippen LogP contribution is -2.36. The lowest BCUT2D eigenvalue weighted by atomic mass is 9.84. The summed E-state index contributed by atoms with van der Waals surface area (Å²) in [5.74, 6) is 0.269. The second-order valence-electron chi connectivity index (χ2n) is 7.26. The van der Waals surface area contributed by atoms with E-state index in [2.05, 4.69) is 29.1 Å². The summed E-state index contributed by atoms with van der Waals surface area (Å²) in [6, 6.07) is 6.48. The maximum atomic E-state index is 13.1. The van der Waals surface area contributed by atoms with Crippen LogP contribution in [0.1, 0.15) is 30.7 Å². The molecule has 1 aromatic heterocycles. The molecule has 0 spiro atoms. The van der Waals surface area contributed by atoms with Gasteiger partial charge in [-0.05, 0) is 17.7 Å². The van der Waals surface area contributed by atoms with E-state index in [1.807, 2.05) is 0 Å². The van der Waals surface area contributed by atoms with Crippen molar-refractivity contribution in [2.75, 3.05) is 24.7 Å². The number of hydrogen-bond acceptors (Lipinski definition) is 5. The maximum absolute atomic E-state index is 13.1. The molecule has 8 heteroatoms. The fourth-order valence-electron chi connectivity index (χ4n) is 2.96. The molecule has 0 bridgehead atoms. The number of hydrogen-bond donors (Lipinski definition) is 1. The fraction of sp³-hybridized carbons (Fsp3) is 0.444.